The molecule has 0 radical (unpaired) electrons. The fourth-order valence-electron chi connectivity index (χ4n) is 2.01. The van der Waals surface area contributed by atoms with Crippen LogP contribution in [0.1, 0.15) is 32.6 Å². The molecule has 2 unspecified atom stereocenters. The van der Waals surface area contributed by atoms with Gasteiger partial charge in [0.2, 0.25) is 0 Å². The van der Waals surface area contributed by atoms with Crippen molar-refractivity contribution in [3.8, 4) is 0 Å². The molecule has 1 rings (SSSR count). The van der Waals surface area contributed by atoms with Gasteiger partial charge in [0, 0.05) is 19.8 Å². The maximum absolute atomic E-state index is 5.04. The minimum absolute atomic E-state index is 0.728. The van der Waals surface area contributed by atoms with Gasteiger partial charge in [-0.25, -0.2) is 0 Å². The van der Waals surface area contributed by atoms with E-state index in [-0.39, 0.29) is 0 Å². The lowest BCUT2D eigenvalue weighted by molar-refractivity contribution is 0.179. The van der Waals surface area contributed by atoms with Crippen LogP contribution in [0.2, 0.25) is 0 Å². The molecule has 72 valence electrons. The van der Waals surface area contributed by atoms with Gasteiger partial charge >= 0.3 is 0 Å². The molecule has 0 aromatic heterocycles. The van der Waals surface area contributed by atoms with Crippen LogP contribution in [0.5, 0.6) is 0 Å². The minimum atomic E-state index is 0.728. The van der Waals surface area contributed by atoms with E-state index >= 15 is 0 Å². The van der Waals surface area contributed by atoms with Gasteiger partial charge in [-0.3, -0.25) is 0 Å². The smallest absolute Gasteiger partial charge is 0.0462 e. The van der Waals surface area contributed by atoms with Crippen molar-refractivity contribution in [1.29, 1.82) is 0 Å². The zero-order chi connectivity index (χ0) is 8.81. The molecule has 1 N–H and O–H groups in total. The molecule has 0 saturated carbocycles. The van der Waals surface area contributed by atoms with Crippen molar-refractivity contribution in [3.63, 3.8) is 0 Å². The molecule has 2 atom stereocenters. The first-order chi connectivity index (χ1) is 5.83. The largest absolute Gasteiger partial charge is 0.385 e. The van der Waals surface area contributed by atoms with Crippen molar-refractivity contribution in [3.05, 3.63) is 0 Å². The maximum Gasteiger partial charge on any atom is 0.0462 e. The Hall–Kier alpha value is -0.0800. The fraction of sp³-hybridized carbons (Fsp3) is 1.00. The van der Waals surface area contributed by atoms with E-state index in [2.05, 4.69) is 12.2 Å². The lowest BCUT2D eigenvalue weighted by Gasteiger charge is -2.27. The summed E-state index contributed by atoms with van der Waals surface area (Å²) in [5, 5.41) is 3.47. The Kier molecular flexibility index (Phi) is 4.62. The summed E-state index contributed by atoms with van der Waals surface area (Å²) in [6, 6.07) is 0.728. The average molecular weight is 171 g/mol. The van der Waals surface area contributed by atoms with Crippen molar-refractivity contribution < 1.29 is 4.74 Å². The average Bonchev–Trinajstić information content (AvgIpc) is 2.05. The molecule has 2 nitrogen and oxygen atoms in total. The lowest BCUT2D eigenvalue weighted by Crippen LogP contribution is -2.35. The molecule has 0 aliphatic carbocycles. The molecular formula is C10H21NO. The Morgan fingerprint density at radius 1 is 1.50 bits per heavy atom. The lowest BCUT2D eigenvalue weighted by atomic mass is 9.89. The van der Waals surface area contributed by atoms with Crippen molar-refractivity contribution in [2.24, 2.45) is 5.92 Å². The van der Waals surface area contributed by atoms with Gasteiger partial charge in [-0.15, -0.1) is 0 Å². The van der Waals surface area contributed by atoms with Gasteiger partial charge in [-0.2, -0.15) is 0 Å². The molecule has 2 heteroatoms. The van der Waals surface area contributed by atoms with Gasteiger partial charge in [0.15, 0.2) is 0 Å². The third-order valence-corrected chi connectivity index (χ3v) is 2.69. The van der Waals surface area contributed by atoms with Crippen molar-refractivity contribution in [1.82, 2.24) is 5.32 Å². The standard InChI is InChI=1S/C10H21NO/c1-9-8-10(5-6-11-9)4-3-7-12-2/h9-11H,3-8H2,1-2H3. The van der Waals surface area contributed by atoms with Crippen molar-refractivity contribution in [2.45, 2.75) is 38.6 Å². The van der Waals surface area contributed by atoms with Gasteiger partial charge in [0.25, 0.3) is 0 Å². The molecule has 0 aromatic carbocycles. The van der Waals surface area contributed by atoms with E-state index in [1.54, 1.807) is 7.11 Å². The molecule has 1 aliphatic rings. The second-order valence-corrected chi connectivity index (χ2v) is 3.88. The number of nitrogens with one attached hydrogen (secondary N) is 1. The highest BCUT2D eigenvalue weighted by Gasteiger charge is 2.17. The zero-order valence-corrected chi connectivity index (χ0v) is 8.31. The van der Waals surface area contributed by atoms with E-state index in [1.807, 2.05) is 0 Å². The summed E-state index contributed by atoms with van der Waals surface area (Å²) in [6.07, 6.45) is 5.28. The third kappa shape index (κ3) is 3.55. The van der Waals surface area contributed by atoms with Crippen LogP contribution in [0.15, 0.2) is 0 Å². The van der Waals surface area contributed by atoms with E-state index in [1.165, 1.54) is 32.2 Å². The topological polar surface area (TPSA) is 21.3 Å². The first kappa shape index (κ1) is 10.0. The SMILES string of the molecule is COCCCC1CCNC(C)C1. The summed E-state index contributed by atoms with van der Waals surface area (Å²) >= 11 is 0. The van der Waals surface area contributed by atoms with Gasteiger partial charge in [0.05, 0.1) is 0 Å². The van der Waals surface area contributed by atoms with Crippen LogP contribution >= 0.6 is 0 Å². The molecule has 0 aromatic rings. The molecule has 1 fully saturated rings. The highest BCUT2D eigenvalue weighted by molar-refractivity contribution is 4.74. The summed E-state index contributed by atoms with van der Waals surface area (Å²) < 4.78 is 5.04. The Morgan fingerprint density at radius 3 is 3.00 bits per heavy atom. The number of piperidine rings is 1. The fourth-order valence-corrected chi connectivity index (χ4v) is 2.01. The monoisotopic (exact) mass is 171 g/mol. The molecule has 12 heavy (non-hydrogen) atoms. The third-order valence-electron chi connectivity index (χ3n) is 2.69. The molecular weight excluding hydrogens is 150 g/mol. The summed E-state index contributed by atoms with van der Waals surface area (Å²) in [4.78, 5) is 0. The normalized spacial score (nSPS) is 30.5. The number of hydrogen-bond acceptors (Lipinski definition) is 2. The Labute approximate surface area is 75.7 Å². The molecule has 0 bridgehead atoms. The van der Waals surface area contributed by atoms with Crippen LogP contribution in [0.25, 0.3) is 0 Å². The maximum atomic E-state index is 5.04. The quantitative estimate of drug-likeness (QED) is 0.651. The number of methoxy groups -OCH3 is 1. The predicted octanol–water partition coefficient (Wildman–Crippen LogP) is 1.80. The van der Waals surface area contributed by atoms with E-state index in [0.29, 0.717) is 0 Å². The van der Waals surface area contributed by atoms with E-state index < -0.39 is 0 Å². The first-order valence-corrected chi connectivity index (χ1v) is 5.05. The van der Waals surface area contributed by atoms with Crippen molar-refractivity contribution in [2.75, 3.05) is 20.3 Å². The second kappa shape index (κ2) is 5.55. The molecule has 0 spiro atoms. The predicted molar refractivity (Wildman–Crippen MR) is 51.3 cm³/mol. The summed E-state index contributed by atoms with van der Waals surface area (Å²) in [5.74, 6) is 0.941. The van der Waals surface area contributed by atoms with Gasteiger partial charge in [-0.05, 0) is 45.1 Å². The van der Waals surface area contributed by atoms with Crippen LogP contribution in [-0.4, -0.2) is 26.3 Å². The number of rotatable bonds is 4. The zero-order valence-electron chi connectivity index (χ0n) is 8.31. The van der Waals surface area contributed by atoms with Gasteiger partial charge < -0.3 is 10.1 Å². The number of hydrogen-bond donors (Lipinski definition) is 1. The van der Waals surface area contributed by atoms with Crippen LogP contribution in [0, 0.1) is 5.92 Å². The molecule has 1 heterocycles. The molecule has 1 aliphatic heterocycles. The van der Waals surface area contributed by atoms with E-state index in [9.17, 15) is 0 Å². The second-order valence-electron chi connectivity index (χ2n) is 3.88. The molecule has 1 saturated heterocycles. The van der Waals surface area contributed by atoms with E-state index in [0.717, 1.165) is 18.6 Å². The highest BCUT2D eigenvalue weighted by atomic mass is 16.5. The first-order valence-electron chi connectivity index (χ1n) is 5.05. The van der Waals surface area contributed by atoms with Crippen LogP contribution < -0.4 is 5.32 Å². The number of ether oxygens (including phenoxy) is 1. The Bertz CT molecular complexity index is 116. The Balaban J connectivity index is 2.06. The highest BCUT2D eigenvalue weighted by Crippen LogP contribution is 2.20. The van der Waals surface area contributed by atoms with Gasteiger partial charge in [0.1, 0.15) is 0 Å². The van der Waals surface area contributed by atoms with Crippen LogP contribution in [0.4, 0.5) is 0 Å². The van der Waals surface area contributed by atoms with Gasteiger partial charge in [-0.1, -0.05) is 0 Å². The Morgan fingerprint density at radius 2 is 2.33 bits per heavy atom. The summed E-state index contributed by atoms with van der Waals surface area (Å²) in [6.45, 7) is 4.42. The minimum Gasteiger partial charge on any atom is -0.385 e. The summed E-state index contributed by atoms with van der Waals surface area (Å²) in [5.41, 5.74) is 0. The van der Waals surface area contributed by atoms with E-state index in [4.69, 9.17) is 4.74 Å². The summed E-state index contributed by atoms with van der Waals surface area (Å²) in [7, 11) is 1.78. The van der Waals surface area contributed by atoms with Crippen molar-refractivity contribution >= 4 is 0 Å². The van der Waals surface area contributed by atoms with Crippen LogP contribution in [0.3, 0.4) is 0 Å². The van der Waals surface area contributed by atoms with Crippen LogP contribution in [-0.2, 0) is 4.74 Å². The molecule has 0 amide bonds.